The number of aromatic nitrogens is 3. The van der Waals surface area contributed by atoms with Gasteiger partial charge in [0.1, 0.15) is 29.2 Å². The van der Waals surface area contributed by atoms with Gasteiger partial charge in [0, 0.05) is 41.6 Å². The first-order chi connectivity index (χ1) is 27.1. The maximum atomic E-state index is 15.4. The standard InChI is InChI=1S/C45H56N4O8/c1-25(2)13-12-18-43(8)19-17-29-36(55-43)28(15-14-26(3)4)38-32(37(29)54-22-11-10-21-50)34-33-35(49-24-46-41(47-34)48-49)30-23-31-42(6,7)57-44(39(30)51,45(31,33)56-38)20-16-27(5)40(52)53-9/h13-14,16-17,19,24,30-31,35,50H,10-12,15,18,20-23H2,1-9H3,(H,47,48)/b27-16-. The first-order valence-corrected chi connectivity index (χ1v) is 20.3. The summed E-state index contributed by atoms with van der Waals surface area (Å²) in [4.78, 5) is 32.8. The molecule has 1 aromatic heterocycles. The number of ketones is 1. The van der Waals surface area contributed by atoms with E-state index in [0.29, 0.717) is 61.1 Å². The Morgan fingerprint density at radius 3 is 2.56 bits per heavy atom. The molecule has 7 aliphatic rings. The summed E-state index contributed by atoms with van der Waals surface area (Å²) in [6.07, 6.45) is 16.0. The maximum Gasteiger partial charge on any atom is 0.333 e. The summed E-state index contributed by atoms with van der Waals surface area (Å²) in [6, 6.07) is -0.505. The predicted octanol–water partition coefficient (Wildman–Crippen LogP) is 7.63. The Labute approximate surface area is 335 Å². The lowest BCUT2D eigenvalue weighted by Crippen LogP contribution is -2.74. The fourth-order valence-corrected chi connectivity index (χ4v) is 10.2. The van der Waals surface area contributed by atoms with E-state index in [1.807, 2.05) is 13.8 Å². The second-order valence-electron chi connectivity index (χ2n) is 17.7. The molecule has 3 aliphatic carbocycles. The molecule has 2 aromatic rings. The van der Waals surface area contributed by atoms with Gasteiger partial charge in [-0.15, -0.1) is 5.10 Å². The van der Waals surface area contributed by atoms with Gasteiger partial charge < -0.3 is 34.1 Å². The van der Waals surface area contributed by atoms with Crippen LogP contribution in [0.2, 0.25) is 0 Å². The molecule has 304 valence electrons. The first-order valence-electron chi connectivity index (χ1n) is 20.3. The summed E-state index contributed by atoms with van der Waals surface area (Å²) in [5.41, 5.74) is 2.53. The molecular formula is C45H56N4O8. The van der Waals surface area contributed by atoms with Crippen LogP contribution < -0.4 is 19.5 Å². The van der Waals surface area contributed by atoms with Crippen LogP contribution in [-0.2, 0) is 25.5 Å². The third kappa shape index (κ3) is 5.91. The van der Waals surface area contributed by atoms with E-state index in [2.05, 4.69) is 69.2 Å². The van der Waals surface area contributed by atoms with E-state index in [0.717, 1.165) is 46.4 Å². The molecule has 9 rings (SSSR count). The average Bonchev–Trinajstić information content (AvgIpc) is 3.61. The van der Waals surface area contributed by atoms with E-state index < -0.39 is 40.3 Å². The van der Waals surface area contributed by atoms with Crippen molar-refractivity contribution in [2.75, 3.05) is 25.6 Å². The van der Waals surface area contributed by atoms with Crippen molar-refractivity contribution in [3.8, 4) is 17.2 Å². The Bertz CT molecular complexity index is 2180. The molecule has 3 saturated carbocycles. The van der Waals surface area contributed by atoms with Crippen LogP contribution in [0.25, 0.3) is 11.8 Å². The van der Waals surface area contributed by atoms with E-state index in [4.69, 9.17) is 28.8 Å². The zero-order valence-corrected chi connectivity index (χ0v) is 34.7. The van der Waals surface area contributed by atoms with Crippen LogP contribution in [0.15, 0.2) is 52.9 Å². The lowest BCUT2D eigenvalue weighted by molar-refractivity contribution is -0.181. The molecule has 6 atom stereocenters. The number of nitrogens with one attached hydrogen (secondary N) is 1. The van der Waals surface area contributed by atoms with Crippen molar-refractivity contribution in [1.82, 2.24) is 14.8 Å². The van der Waals surface area contributed by atoms with Gasteiger partial charge in [-0.25, -0.2) is 14.5 Å². The van der Waals surface area contributed by atoms with Gasteiger partial charge in [-0.2, -0.15) is 0 Å². The zero-order valence-electron chi connectivity index (χ0n) is 34.7. The summed E-state index contributed by atoms with van der Waals surface area (Å²) in [6.45, 7) is 16.7. The predicted molar refractivity (Wildman–Crippen MR) is 216 cm³/mol. The maximum absolute atomic E-state index is 15.4. The molecule has 1 spiro atoms. The number of allylic oxidation sites excluding steroid dienone is 4. The van der Waals surface area contributed by atoms with Crippen molar-refractivity contribution in [2.45, 2.75) is 129 Å². The molecule has 4 fully saturated rings. The van der Waals surface area contributed by atoms with E-state index in [1.165, 1.54) is 12.7 Å². The number of aliphatic hydroxyl groups is 1. The molecule has 0 radical (unpaired) electrons. The van der Waals surface area contributed by atoms with Crippen molar-refractivity contribution in [3.63, 3.8) is 0 Å². The number of carbonyl (C=O) groups excluding carboxylic acids is 2. The Morgan fingerprint density at radius 2 is 1.84 bits per heavy atom. The fraction of sp³-hybridized carbons (Fsp3) is 0.556. The Balaban J connectivity index is 1.44. The highest BCUT2D eigenvalue weighted by atomic mass is 16.6. The van der Waals surface area contributed by atoms with Gasteiger partial charge in [0.05, 0.1) is 42.2 Å². The normalized spacial score (nSPS) is 29.3. The lowest BCUT2D eigenvalue weighted by Gasteiger charge is -2.60. The number of nitrogens with zero attached hydrogens (tertiary/aromatic N) is 3. The minimum Gasteiger partial charge on any atom is -0.492 e. The third-order valence-corrected chi connectivity index (χ3v) is 12.8. The number of unbranched alkanes of at least 4 members (excludes halogenated alkanes) is 1. The molecule has 4 aliphatic heterocycles. The molecule has 1 saturated heterocycles. The van der Waals surface area contributed by atoms with Crippen molar-refractivity contribution >= 4 is 29.5 Å². The van der Waals surface area contributed by atoms with Crippen LogP contribution >= 0.6 is 0 Å². The van der Waals surface area contributed by atoms with E-state index >= 15 is 4.79 Å². The monoisotopic (exact) mass is 780 g/mol. The first kappa shape index (κ1) is 39.2. The number of methoxy groups -OCH3 is 1. The number of fused-ring (bicyclic) bond motifs is 5. The van der Waals surface area contributed by atoms with Gasteiger partial charge in [0.15, 0.2) is 17.0 Å². The minimum atomic E-state index is -1.49. The Kier molecular flexibility index (Phi) is 9.62. The van der Waals surface area contributed by atoms with Gasteiger partial charge in [0.25, 0.3) is 0 Å². The van der Waals surface area contributed by atoms with Crippen molar-refractivity contribution in [2.24, 2.45) is 11.8 Å². The molecule has 6 bridgehead atoms. The van der Waals surface area contributed by atoms with Crippen LogP contribution in [0.5, 0.6) is 17.2 Å². The average molecular weight is 781 g/mol. The highest BCUT2D eigenvalue weighted by molar-refractivity contribution is 6.02. The van der Waals surface area contributed by atoms with Crippen molar-refractivity contribution in [1.29, 1.82) is 0 Å². The number of hydrogen-bond donors (Lipinski definition) is 2. The van der Waals surface area contributed by atoms with Crippen molar-refractivity contribution < 1.29 is 38.4 Å². The van der Waals surface area contributed by atoms with Gasteiger partial charge in [-0.1, -0.05) is 29.4 Å². The second kappa shape index (κ2) is 14.0. The number of ether oxygens (including phenoxy) is 5. The topological polar surface area (TPSA) is 143 Å². The molecule has 0 amide bonds. The second-order valence-corrected chi connectivity index (χ2v) is 17.7. The molecule has 2 N–H and O–H groups in total. The van der Waals surface area contributed by atoms with E-state index in [-0.39, 0.29) is 24.7 Å². The van der Waals surface area contributed by atoms with E-state index in [9.17, 15) is 9.90 Å². The molecule has 12 heteroatoms. The van der Waals surface area contributed by atoms with Crippen molar-refractivity contribution in [3.05, 3.63) is 69.6 Å². The number of carbonyl (C=O) groups is 2. The summed E-state index contributed by atoms with van der Waals surface area (Å²) in [5.74, 6) is 0.922. The van der Waals surface area contributed by atoms with Gasteiger partial charge in [-0.05, 0) is 106 Å². The molecule has 5 heterocycles. The number of Topliss-reactive ketones (excluding diaryl/α,β-unsaturated/α-hetero) is 1. The lowest BCUT2D eigenvalue weighted by atomic mass is 9.47. The number of aliphatic hydroxyl groups excluding tert-OH is 1. The number of esters is 1. The number of benzene rings is 1. The molecule has 12 nitrogen and oxygen atoms in total. The minimum absolute atomic E-state index is 0.0602. The molecule has 6 unspecified atom stereocenters. The summed E-state index contributed by atoms with van der Waals surface area (Å²) in [7, 11) is 1.35. The van der Waals surface area contributed by atoms with E-state index in [1.54, 1.807) is 24.0 Å². The fourth-order valence-electron chi connectivity index (χ4n) is 10.2. The zero-order chi connectivity index (χ0) is 40.7. The Hall–Kier alpha value is -4.68. The number of rotatable bonds is 13. The van der Waals surface area contributed by atoms with Gasteiger partial charge in [0.2, 0.25) is 5.95 Å². The largest absolute Gasteiger partial charge is 0.492 e. The highest BCUT2D eigenvalue weighted by Gasteiger charge is 2.84. The summed E-state index contributed by atoms with van der Waals surface area (Å²) < 4.78 is 35.9. The van der Waals surface area contributed by atoms with Crippen LogP contribution in [0, 0.1) is 11.8 Å². The number of hydrogen-bond acceptors (Lipinski definition) is 11. The summed E-state index contributed by atoms with van der Waals surface area (Å²) in [5, 5.41) is 18.2. The van der Waals surface area contributed by atoms with Gasteiger partial charge >= 0.3 is 5.97 Å². The Morgan fingerprint density at radius 1 is 1.07 bits per heavy atom. The number of anilines is 1. The summed E-state index contributed by atoms with van der Waals surface area (Å²) >= 11 is 0. The molecular weight excluding hydrogens is 725 g/mol. The van der Waals surface area contributed by atoms with Crippen LogP contribution in [-0.4, -0.2) is 74.4 Å². The van der Waals surface area contributed by atoms with Crippen LogP contribution in [0.1, 0.15) is 117 Å². The van der Waals surface area contributed by atoms with Crippen LogP contribution in [0.3, 0.4) is 0 Å². The van der Waals surface area contributed by atoms with Gasteiger partial charge in [-0.3, -0.25) is 4.79 Å². The quantitative estimate of drug-likeness (QED) is 0.0897. The smallest absolute Gasteiger partial charge is 0.333 e. The third-order valence-electron chi connectivity index (χ3n) is 12.8. The highest BCUT2D eigenvalue weighted by Crippen LogP contribution is 2.73. The molecule has 1 aromatic carbocycles. The SMILES string of the molecule is COC(=O)/C(C)=C\CC12OC(C)(C)C3CC(C1=O)C1C4=C(Nc5ncn1n5)c1c(OCCCCO)c5c(c(CC=C(C)C)c1OC432)OC(C)(CCC=C(C)C)C=C5. The molecule has 57 heavy (non-hydrogen) atoms. The van der Waals surface area contributed by atoms with Crippen LogP contribution in [0.4, 0.5) is 5.95 Å².